The highest BCUT2D eigenvalue weighted by atomic mass is 32.2. The molecule has 0 spiro atoms. The van der Waals surface area contributed by atoms with E-state index in [4.69, 9.17) is 0 Å². The largest absolute Gasteiger partial charge is 0.247 e. The Morgan fingerprint density at radius 2 is 1.70 bits per heavy atom. The van der Waals surface area contributed by atoms with E-state index >= 15 is 0 Å². The Labute approximate surface area is 138 Å². The van der Waals surface area contributed by atoms with Crippen LogP contribution in [-0.4, -0.2) is 31.5 Å². The first-order chi connectivity index (χ1) is 11.0. The van der Waals surface area contributed by atoms with Crippen molar-refractivity contribution in [2.75, 3.05) is 6.54 Å². The van der Waals surface area contributed by atoms with E-state index in [2.05, 4.69) is 0 Å². The molecule has 1 aliphatic heterocycles. The minimum atomic E-state index is -3.53. The third-order valence-corrected chi connectivity index (χ3v) is 7.29. The molecule has 0 unspecified atom stereocenters. The highest BCUT2D eigenvalue weighted by Gasteiger charge is 2.40. The van der Waals surface area contributed by atoms with E-state index in [9.17, 15) is 12.8 Å². The lowest BCUT2D eigenvalue weighted by molar-refractivity contribution is 0.0993. The van der Waals surface area contributed by atoms with Crippen molar-refractivity contribution in [2.24, 2.45) is 5.92 Å². The van der Waals surface area contributed by atoms with Crippen molar-refractivity contribution in [3.63, 3.8) is 0 Å². The maximum absolute atomic E-state index is 14.0. The highest BCUT2D eigenvalue weighted by Crippen LogP contribution is 2.37. The number of nitrogens with zero attached hydrogens (tertiary/aromatic N) is 1. The fraction of sp³-hybridized carbons (Fsp3) is 0.667. The van der Waals surface area contributed by atoms with Gasteiger partial charge in [-0.2, -0.15) is 4.31 Å². The summed E-state index contributed by atoms with van der Waals surface area (Å²) in [7, 11) is -3.53. The van der Waals surface area contributed by atoms with Gasteiger partial charge in [-0.15, -0.1) is 0 Å². The van der Waals surface area contributed by atoms with Gasteiger partial charge in [0.25, 0.3) is 0 Å². The topological polar surface area (TPSA) is 37.4 Å². The van der Waals surface area contributed by atoms with E-state index in [0.29, 0.717) is 30.2 Å². The van der Waals surface area contributed by atoms with Crippen LogP contribution in [0.3, 0.4) is 0 Å². The van der Waals surface area contributed by atoms with Crippen molar-refractivity contribution in [3.8, 4) is 0 Å². The molecule has 2 aliphatic rings. The van der Waals surface area contributed by atoms with Gasteiger partial charge in [0.15, 0.2) is 0 Å². The van der Waals surface area contributed by atoms with Gasteiger partial charge < -0.3 is 0 Å². The molecule has 1 saturated carbocycles. The summed E-state index contributed by atoms with van der Waals surface area (Å²) < 4.78 is 41.7. The standard InChI is InChI=1S/C18H26FNO2S/c1-14-7-9-17(10-8-14)23(21,22)20-12-11-16(19)13-18(20)15-5-3-2-4-6-15/h7-10,15-16,18H,2-6,11-13H2,1H3/t16-,18+/m0/s1. The first-order valence-electron chi connectivity index (χ1n) is 8.71. The number of halogens is 1. The van der Waals surface area contributed by atoms with E-state index in [-0.39, 0.29) is 6.04 Å². The summed E-state index contributed by atoms with van der Waals surface area (Å²) >= 11 is 0. The molecule has 23 heavy (non-hydrogen) atoms. The van der Waals surface area contributed by atoms with E-state index in [0.717, 1.165) is 31.2 Å². The molecule has 0 N–H and O–H groups in total. The zero-order valence-corrected chi connectivity index (χ0v) is 14.6. The van der Waals surface area contributed by atoms with Crippen molar-refractivity contribution < 1.29 is 12.8 Å². The normalized spacial score (nSPS) is 27.9. The highest BCUT2D eigenvalue weighted by molar-refractivity contribution is 7.89. The lowest BCUT2D eigenvalue weighted by Crippen LogP contribution is -2.50. The Bertz CT molecular complexity index is 623. The van der Waals surface area contributed by atoms with Crippen LogP contribution in [0.1, 0.15) is 50.5 Å². The van der Waals surface area contributed by atoms with E-state index in [1.165, 1.54) is 6.42 Å². The summed E-state index contributed by atoms with van der Waals surface area (Å²) in [6.07, 6.45) is 5.34. The quantitative estimate of drug-likeness (QED) is 0.832. The van der Waals surface area contributed by atoms with Crippen molar-refractivity contribution in [1.82, 2.24) is 4.31 Å². The minimum Gasteiger partial charge on any atom is -0.247 e. The second kappa shape index (κ2) is 6.89. The van der Waals surface area contributed by atoms with Gasteiger partial charge in [0.2, 0.25) is 10.0 Å². The molecule has 1 aromatic rings. The van der Waals surface area contributed by atoms with Crippen LogP contribution in [0, 0.1) is 12.8 Å². The van der Waals surface area contributed by atoms with Crippen LogP contribution >= 0.6 is 0 Å². The average molecular weight is 339 g/mol. The van der Waals surface area contributed by atoms with Crippen LogP contribution in [0.5, 0.6) is 0 Å². The molecule has 2 fully saturated rings. The van der Waals surface area contributed by atoms with Crippen molar-refractivity contribution in [2.45, 2.75) is 69.0 Å². The summed E-state index contributed by atoms with van der Waals surface area (Å²) in [6.45, 7) is 2.24. The Morgan fingerprint density at radius 3 is 2.35 bits per heavy atom. The molecule has 1 heterocycles. The van der Waals surface area contributed by atoms with Crippen molar-refractivity contribution in [3.05, 3.63) is 29.8 Å². The number of hydrogen-bond donors (Lipinski definition) is 0. The van der Waals surface area contributed by atoms with Gasteiger partial charge in [0.05, 0.1) is 4.90 Å². The predicted octanol–water partition coefficient (Wildman–Crippen LogP) is 4.07. The molecule has 1 aliphatic carbocycles. The number of piperidine rings is 1. The van der Waals surface area contributed by atoms with Gasteiger partial charge in [-0.05, 0) is 50.7 Å². The molecular formula is C18H26FNO2S. The minimum absolute atomic E-state index is 0.176. The molecule has 2 atom stereocenters. The van der Waals surface area contributed by atoms with Crippen LogP contribution in [0.25, 0.3) is 0 Å². The number of rotatable bonds is 3. The van der Waals surface area contributed by atoms with Crippen LogP contribution in [0.4, 0.5) is 4.39 Å². The second-order valence-corrected chi connectivity index (χ2v) is 8.91. The van der Waals surface area contributed by atoms with Crippen LogP contribution in [0.2, 0.25) is 0 Å². The first kappa shape index (κ1) is 16.9. The number of sulfonamides is 1. The molecule has 5 heteroatoms. The number of alkyl halides is 1. The predicted molar refractivity (Wildman–Crippen MR) is 89.6 cm³/mol. The lowest BCUT2D eigenvalue weighted by Gasteiger charge is -2.41. The third kappa shape index (κ3) is 3.61. The molecule has 0 bridgehead atoms. The molecule has 128 valence electrons. The monoisotopic (exact) mass is 339 g/mol. The molecule has 0 radical (unpaired) electrons. The third-order valence-electron chi connectivity index (χ3n) is 5.35. The zero-order chi connectivity index (χ0) is 16.4. The smallest absolute Gasteiger partial charge is 0.243 e. The van der Waals surface area contributed by atoms with Gasteiger partial charge in [-0.25, -0.2) is 12.8 Å². The Kier molecular flexibility index (Phi) is 5.07. The fourth-order valence-corrected chi connectivity index (χ4v) is 5.73. The molecule has 3 rings (SSSR count). The van der Waals surface area contributed by atoms with Crippen LogP contribution in [0.15, 0.2) is 29.2 Å². The average Bonchev–Trinajstić information content (AvgIpc) is 2.56. The van der Waals surface area contributed by atoms with Crippen molar-refractivity contribution >= 4 is 10.0 Å². The maximum atomic E-state index is 14.0. The summed E-state index contributed by atoms with van der Waals surface area (Å²) in [5.41, 5.74) is 1.04. The van der Waals surface area contributed by atoms with Crippen LogP contribution < -0.4 is 0 Å². The molecular weight excluding hydrogens is 313 g/mol. The summed E-state index contributed by atoms with van der Waals surface area (Å²) in [5, 5.41) is 0. The van der Waals surface area contributed by atoms with Gasteiger partial charge >= 0.3 is 0 Å². The molecule has 3 nitrogen and oxygen atoms in total. The van der Waals surface area contributed by atoms with E-state index in [1.54, 1.807) is 16.4 Å². The van der Waals surface area contributed by atoms with E-state index in [1.807, 2.05) is 19.1 Å². The first-order valence-corrected chi connectivity index (χ1v) is 10.1. The summed E-state index contributed by atoms with van der Waals surface area (Å²) in [6, 6.07) is 6.81. The zero-order valence-electron chi connectivity index (χ0n) is 13.7. The maximum Gasteiger partial charge on any atom is 0.243 e. The Balaban J connectivity index is 1.89. The molecule has 1 aromatic carbocycles. The number of benzene rings is 1. The molecule has 0 aromatic heterocycles. The Morgan fingerprint density at radius 1 is 1.04 bits per heavy atom. The van der Waals surface area contributed by atoms with Gasteiger partial charge in [-0.1, -0.05) is 37.0 Å². The van der Waals surface area contributed by atoms with Gasteiger partial charge in [-0.3, -0.25) is 0 Å². The fourth-order valence-electron chi connectivity index (χ4n) is 4.02. The molecule has 0 amide bonds. The summed E-state index contributed by atoms with van der Waals surface area (Å²) in [5.74, 6) is 0.308. The summed E-state index contributed by atoms with van der Waals surface area (Å²) in [4.78, 5) is 0.334. The van der Waals surface area contributed by atoms with Crippen LogP contribution in [-0.2, 0) is 10.0 Å². The number of aryl methyl sites for hydroxylation is 1. The molecule has 1 saturated heterocycles. The number of hydrogen-bond acceptors (Lipinski definition) is 2. The Hall–Kier alpha value is -0.940. The van der Waals surface area contributed by atoms with E-state index < -0.39 is 16.2 Å². The van der Waals surface area contributed by atoms with Crippen molar-refractivity contribution in [1.29, 1.82) is 0 Å². The SMILES string of the molecule is Cc1ccc(S(=O)(=O)N2CC[C@H](F)C[C@@H]2C2CCCCC2)cc1. The second-order valence-electron chi connectivity index (χ2n) is 7.02. The van der Waals surface area contributed by atoms with Gasteiger partial charge in [0.1, 0.15) is 6.17 Å². The lowest BCUT2D eigenvalue weighted by atomic mass is 9.80. The van der Waals surface area contributed by atoms with Gasteiger partial charge in [0, 0.05) is 12.6 Å².